The van der Waals surface area contributed by atoms with Gasteiger partial charge in [-0.05, 0) is 98.8 Å². The number of nitrogens with two attached hydrogens (primary N) is 1. The summed E-state index contributed by atoms with van der Waals surface area (Å²) >= 11 is 6.62. The number of para-hydroxylation sites is 1. The molecule has 43 heavy (non-hydrogen) atoms. The standard InChI is InChI=1S/C34H34ClFN4O3/c1-20(2)39-12-10-25(11-13-39)42-32-18-23-16-24(15-22(23)17-28(32)35)33(41)27-19-38-40(34(27)37)30-9-8-26(14-21(30)3)43-31-7-5-4-6-29(31)36/h4-9,14,16-20,25H,10-13,15,37H2,1-3H3. The van der Waals surface area contributed by atoms with Gasteiger partial charge in [-0.15, -0.1) is 0 Å². The summed E-state index contributed by atoms with van der Waals surface area (Å²) < 4.78 is 27.6. The van der Waals surface area contributed by atoms with Crippen LogP contribution in [0.15, 0.2) is 66.4 Å². The van der Waals surface area contributed by atoms with Crippen LogP contribution in [0.1, 0.15) is 53.7 Å². The Kier molecular flexibility index (Phi) is 7.99. The van der Waals surface area contributed by atoms with E-state index in [1.807, 2.05) is 25.1 Å². The van der Waals surface area contributed by atoms with Gasteiger partial charge < -0.3 is 20.1 Å². The lowest BCUT2D eigenvalue weighted by molar-refractivity contribution is 0.0843. The van der Waals surface area contributed by atoms with Crippen LogP contribution in [-0.2, 0) is 6.42 Å². The Morgan fingerprint density at radius 2 is 1.86 bits per heavy atom. The van der Waals surface area contributed by atoms with Gasteiger partial charge >= 0.3 is 0 Å². The first-order chi connectivity index (χ1) is 20.7. The number of anilines is 1. The van der Waals surface area contributed by atoms with Crippen molar-refractivity contribution in [1.82, 2.24) is 14.7 Å². The molecule has 0 unspecified atom stereocenters. The number of carbonyl (C=O) groups excluding carboxylic acids is 1. The number of hydrogen-bond acceptors (Lipinski definition) is 6. The Bertz CT molecular complexity index is 1720. The number of rotatable bonds is 8. The van der Waals surface area contributed by atoms with Crippen LogP contribution in [0.3, 0.4) is 0 Å². The second kappa shape index (κ2) is 11.9. The van der Waals surface area contributed by atoms with Crippen molar-refractivity contribution in [2.75, 3.05) is 18.8 Å². The fourth-order valence-corrected chi connectivity index (χ4v) is 5.98. The van der Waals surface area contributed by atoms with E-state index in [9.17, 15) is 9.18 Å². The van der Waals surface area contributed by atoms with Gasteiger partial charge in [-0.2, -0.15) is 5.10 Å². The molecule has 4 aromatic rings. The average Bonchev–Trinajstić information content (AvgIpc) is 3.57. The third-order valence-electron chi connectivity index (χ3n) is 8.21. The van der Waals surface area contributed by atoms with Crippen LogP contribution in [0.5, 0.6) is 17.2 Å². The van der Waals surface area contributed by atoms with E-state index in [-0.39, 0.29) is 23.5 Å². The highest BCUT2D eigenvalue weighted by atomic mass is 35.5. The van der Waals surface area contributed by atoms with Crippen molar-refractivity contribution in [2.45, 2.75) is 52.2 Å². The molecule has 1 aliphatic carbocycles. The van der Waals surface area contributed by atoms with E-state index in [0.29, 0.717) is 45.8 Å². The largest absolute Gasteiger partial charge is 0.489 e. The fraction of sp³-hybridized carbons (Fsp3) is 0.294. The van der Waals surface area contributed by atoms with Gasteiger partial charge in [-0.1, -0.05) is 23.7 Å². The Hall–Kier alpha value is -4.14. The van der Waals surface area contributed by atoms with Crippen LogP contribution in [-0.4, -0.2) is 45.7 Å². The maximum Gasteiger partial charge on any atom is 0.194 e. The number of benzene rings is 3. The normalized spacial score (nSPS) is 15.4. The highest BCUT2D eigenvalue weighted by Gasteiger charge is 2.27. The van der Waals surface area contributed by atoms with E-state index >= 15 is 0 Å². The van der Waals surface area contributed by atoms with Gasteiger partial charge in [-0.3, -0.25) is 4.79 Å². The number of piperidine rings is 1. The summed E-state index contributed by atoms with van der Waals surface area (Å²) in [4.78, 5) is 16.1. The third-order valence-corrected chi connectivity index (χ3v) is 8.50. The molecular weight excluding hydrogens is 567 g/mol. The van der Waals surface area contributed by atoms with Gasteiger partial charge in [0.2, 0.25) is 0 Å². The lowest BCUT2D eigenvalue weighted by Gasteiger charge is -2.34. The predicted octanol–water partition coefficient (Wildman–Crippen LogP) is 7.42. The molecule has 0 amide bonds. The van der Waals surface area contributed by atoms with E-state index in [0.717, 1.165) is 42.6 Å². The molecule has 222 valence electrons. The molecule has 0 atom stereocenters. The summed E-state index contributed by atoms with van der Waals surface area (Å²) in [5, 5.41) is 4.98. The minimum atomic E-state index is -0.444. The number of halogens is 2. The Morgan fingerprint density at radius 1 is 1.09 bits per heavy atom. The van der Waals surface area contributed by atoms with Gasteiger partial charge in [0, 0.05) is 31.1 Å². The molecule has 0 radical (unpaired) electrons. The molecule has 0 bridgehead atoms. The number of Topliss-reactive ketones (excluding diaryl/α,β-unsaturated/α-hetero) is 1. The van der Waals surface area contributed by atoms with E-state index in [1.165, 1.54) is 16.9 Å². The van der Waals surface area contributed by atoms with Crippen LogP contribution in [0.4, 0.5) is 10.2 Å². The summed E-state index contributed by atoms with van der Waals surface area (Å²) in [6.07, 6.45) is 5.86. The number of ketones is 1. The Balaban J connectivity index is 1.17. The second-order valence-corrected chi connectivity index (χ2v) is 11.8. The van der Waals surface area contributed by atoms with Crippen molar-refractivity contribution in [1.29, 1.82) is 0 Å². The molecule has 3 aromatic carbocycles. The van der Waals surface area contributed by atoms with Crippen molar-refractivity contribution in [2.24, 2.45) is 0 Å². The molecule has 9 heteroatoms. The number of aryl methyl sites for hydroxylation is 1. The molecule has 0 saturated carbocycles. The Labute approximate surface area is 255 Å². The molecule has 1 fully saturated rings. The molecule has 6 rings (SSSR count). The number of aromatic nitrogens is 2. The molecular formula is C34H34ClFN4O3. The number of ether oxygens (including phenoxy) is 2. The first-order valence-corrected chi connectivity index (χ1v) is 14.9. The van der Waals surface area contributed by atoms with Crippen LogP contribution in [0.25, 0.3) is 11.8 Å². The van der Waals surface area contributed by atoms with Crippen molar-refractivity contribution >= 4 is 29.3 Å². The van der Waals surface area contributed by atoms with Crippen LogP contribution >= 0.6 is 11.6 Å². The van der Waals surface area contributed by atoms with Crippen molar-refractivity contribution in [3.05, 3.63) is 99.5 Å². The SMILES string of the molecule is Cc1cc(Oc2ccccc2F)ccc1-n1ncc(C(=O)C2=Cc3cc(OC4CCN(C(C)C)CC4)c(Cl)cc3C2)c1N. The van der Waals surface area contributed by atoms with E-state index in [2.05, 4.69) is 23.8 Å². The zero-order valence-corrected chi connectivity index (χ0v) is 25.2. The van der Waals surface area contributed by atoms with Gasteiger partial charge in [0.1, 0.15) is 23.4 Å². The van der Waals surface area contributed by atoms with E-state index in [4.69, 9.17) is 26.8 Å². The highest BCUT2D eigenvalue weighted by molar-refractivity contribution is 6.32. The van der Waals surface area contributed by atoms with Crippen molar-refractivity contribution in [3.63, 3.8) is 0 Å². The number of likely N-dealkylation sites (tertiary alicyclic amines) is 1. The summed E-state index contributed by atoms with van der Waals surface area (Å²) in [5.41, 5.74) is 10.8. The predicted molar refractivity (Wildman–Crippen MR) is 167 cm³/mol. The van der Waals surface area contributed by atoms with Gasteiger partial charge in [0.15, 0.2) is 17.3 Å². The molecule has 2 N–H and O–H groups in total. The molecule has 7 nitrogen and oxygen atoms in total. The fourth-order valence-electron chi connectivity index (χ4n) is 5.75. The summed E-state index contributed by atoms with van der Waals surface area (Å²) in [6, 6.07) is 15.9. The van der Waals surface area contributed by atoms with Gasteiger partial charge in [-0.25, -0.2) is 9.07 Å². The summed E-state index contributed by atoms with van der Waals surface area (Å²) in [7, 11) is 0. The zero-order chi connectivity index (χ0) is 30.2. The minimum absolute atomic E-state index is 0.117. The van der Waals surface area contributed by atoms with E-state index < -0.39 is 5.82 Å². The van der Waals surface area contributed by atoms with Crippen molar-refractivity contribution in [3.8, 4) is 22.9 Å². The maximum atomic E-state index is 14.0. The topological polar surface area (TPSA) is 82.6 Å². The molecule has 2 aliphatic rings. The number of allylic oxidation sites excluding steroid dienone is 1. The third kappa shape index (κ3) is 5.90. The quantitative estimate of drug-likeness (QED) is 0.212. The number of nitrogens with zero attached hydrogens (tertiary/aromatic N) is 3. The first-order valence-electron chi connectivity index (χ1n) is 14.5. The molecule has 1 aliphatic heterocycles. The van der Waals surface area contributed by atoms with Crippen LogP contribution in [0.2, 0.25) is 5.02 Å². The smallest absolute Gasteiger partial charge is 0.194 e. The second-order valence-electron chi connectivity index (χ2n) is 11.4. The molecule has 1 saturated heterocycles. The lowest BCUT2D eigenvalue weighted by Crippen LogP contribution is -2.41. The maximum absolute atomic E-state index is 14.0. The first kappa shape index (κ1) is 29.0. The van der Waals surface area contributed by atoms with E-state index in [1.54, 1.807) is 36.4 Å². The summed E-state index contributed by atoms with van der Waals surface area (Å²) in [6.45, 7) is 8.31. The lowest BCUT2D eigenvalue weighted by atomic mass is 10.0. The highest BCUT2D eigenvalue weighted by Crippen LogP contribution is 2.37. The number of hydrogen-bond donors (Lipinski definition) is 1. The van der Waals surface area contributed by atoms with Crippen LogP contribution in [0, 0.1) is 12.7 Å². The van der Waals surface area contributed by atoms with Gasteiger partial charge in [0.25, 0.3) is 0 Å². The Morgan fingerprint density at radius 3 is 2.58 bits per heavy atom. The average molecular weight is 601 g/mol. The molecule has 0 spiro atoms. The van der Waals surface area contributed by atoms with Crippen LogP contribution < -0.4 is 15.2 Å². The zero-order valence-electron chi connectivity index (χ0n) is 24.4. The monoisotopic (exact) mass is 600 g/mol. The van der Waals surface area contributed by atoms with Gasteiger partial charge in [0.05, 0.1) is 22.5 Å². The van der Waals surface area contributed by atoms with Crippen molar-refractivity contribution < 1.29 is 18.7 Å². The number of nitrogen functional groups attached to an aromatic ring is 1. The number of carbonyl (C=O) groups is 1. The minimum Gasteiger partial charge on any atom is -0.489 e. The molecule has 2 heterocycles. The molecule has 1 aromatic heterocycles. The summed E-state index contributed by atoms with van der Waals surface area (Å²) in [5.74, 6) is 0.877. The number of fused-ring (bicyclic) bond motifs is 1.